The van der Waals surface area contributed by atoms with E-state index in [9.17, 15) is 9.59 Å². The summed E-state index contributed by atoms with van der Waals surface area (Å²) in [7, 11) is 0. The second-order valence-corrected chi connectivity index (χ2v) is 7.53. The average molecular weight is 426 g/mol. The second-order valence-electron chi connectivity index (χ2n) is 7.09. The number of ketones is 1. The van der Waals surface area contributed by atoms with Crippen LogP contribution >= 0.6 is 11.6 Å². The molecule has 0 spiro atoms. The Labute approximate surface area is 182 Å². The van der Waals surface area contributed by atoms with Crippen LogP contribution in [-0.2, 0) is 0 Å². The van der Waals surface area contributed by atoms with Gasteiger partial charge in [-0.3, -0.25) is 9.59 Å². The Bertz CT molecular complexity index is 1500. The molecule has 0 saturated heterocycles. The van der Waals surface area contributed by atoms with Crippen LogP contribution < -0.4 is 5.56 Å². The van der Waals surface area contributed by atoms with Gasteiger partial charge in [-0.2, -0.15) is 0 Å². The number of fused-ring (bicyclic) bond motifs is 2. The van der Waals surface area contributed by atoms with Gasteiger partial charge in [-0.15, -0.1) is 0 Å². The van der Waals surface area contributed by atoms with Crippen molar-refractivity contribution in [1.29, 1.82) is 0 Å². The van der Waals surface area contributed by atoms with E-state index < -0.39 is 11.3 Å². The molecule has 0 saturated carbocycles. The molecule has 2 aromatic heterocycles. The van der Waals surface area contributed by atoms with Crippen molar-refractivity contribution in [3.63, 3.8) is 0 Å². The lowest BCUT2D eigenvalue weighted by Crippen LogP contribution is -2.18. The molecule has 5 nitrogen and oxygen atoms in total. The van der Waals surface area contributed by atoms with Crippen molar-refractivity contribution in [1.82, 2.24) is 15.0 Å². The first kappa shape index (κ1) is 19.0. The molecule has 5 aromatic rings. The van der Waals surface area contributed by atoms with Crippen LogP contribution in [0.2, 0.25) is 5.02 Å². The SMILES string of the molecule is O=C(/C=C/c1nc2ccccc2[nH]1)c1c(-c2ccc(Cl)cc2)c2ccccc2[nH]c1=O. The number of carbonyl (C=O) groups excluding carboxylic acids is 1. The number of imidazole rings is 1. The lowest BCUT2D eigenvalue weighted by Gasteiger charge is -2.11. The van der Waals surface area contributed by atoms with Gasteiger partial charge in [0, 0.05) is 21.5 Å². The molecule has 0 unspecified atom stereocenters. The first-order chi connectivity index (χ1) is 15.1. The maximum absolute atomic E-state index is 13.2. The molecule has 5 rings (SSSR count). The Balaban J connectivity index is 1.65. The third-order valence-corrected chi connectivity index (χ3v) is 5.35. The number of nitrogens with zero attached hydrogens (tertiary/aromatic N) is 1. The van der Waals surface area contributed by atoms with E-state index in [1.54, 1.807) is 18.2 Å². The highest BCUT2D eigenvalue weighted by molar-refractivity contribution is 6.30. The predicted octanol–water partition coefficient (Wildman–Crippen LogP) is 5.62. The number of para-hydroxylation sites is 3. The normalized spacial score (nSPS) is 11.5. The predicted molar refractivity (Wildman–Crippen MR) is 124 cm³/mol. The van der Waals surface area contributed by atoms with Gasteiger partial charge in [-0.05, 0) is 48.0 Å². The quantitative estimate of drug-likeness (QED) is 0.289. The standard InChI is InChI=1S/C25H16ClN3O2/c26-16-11-9-15(10-12-16)23-17-5-1-2-6-18(17)29-25(31)24(23)21(30)13-14-22-27-19-7-3-4-8-20(19)28-22/h1-14H,(H,27,28)(H,29,31)/b14-13+. The topological polar surface area (TPSA) is 78.6 Å². The minimum atomic E-state index is -0.442. The van der Waals surface area contributed by atoms with Gasteiger partial charge in [-0.25, -0.2) is 4.98 Å². The first-order valence-corrected chi connectivity index (χ1v) is 10.1. The second kappa shape index (κ2) is 7.70. The number of nitrogens with one attached hydrogen (secondary N) is 2. The molecular formula is C25H16ClN3O2. The number of halogens is 1. The minimum Gasteiger partial charge on any atom is -0.338 e. The molecule has 150 valence electrons. The fourth-order valence-electron chi connectivity index (χ4n) is 3.68. The lowest BCUT2D eigenvalue weighted by molar-refractivity contribution is 0.104. The highest BCUT2D eigenvalue weighted by Crippen LogP contribution is 2.31. The summed E-state index contributed by atoms with van der Waals surface area (Å²) in [6.45, 7) is 0. The zero-order valence-corrected chi connectivity index (χ0v) is 17.0. The van der Waals surface area contributed by atoms with Crippen molar-refractivity contribution >= 4 is 45.4 Å². The Kier molecular flexibility index (Phi) is 4.73. The Morgan fingerprint density at radius 1 is 0.871 bits per heavy atom. The summed E-state index contributed by atoms with van der Waals surface area (Å²) in [5.74, 6) is 0.136. The lowest BCUT2D eigenvalue weighted by atomic mass is 9.94. The van der Waals surface area contributed by atoms with E-state index in [4.69, 9.17) is 11.6 Å². The zero-order valence-electron chi connectivity index (χ0n) is 16.2. The van der Waals surface area contributed by atoms with Crippen molar-refractivity contribution in [2.75, 3.05) is 0 Å². The molecule has 0 aliphatic heterocycles. The third-order valence-electron chi connectivity index (χ3n) is 5.10. The average Bonchev–Trinajstić information content (AvgIpc) is 3.20. The van der Waals surface area contributed by atoms with Crippen molar-refractivity contribution in [2.24, 2.45) is 0 Å². The molecule has 2 heterocycles. The number of hydrogen-bond donors (Lipinski definition) is 2. The highest BCUT2D eigenvalue weighted by atomic mass is 35.5. The smallest absolute Gasteiger partial charge is 0.260 e. The molecule has 2 N–H and O–H groups in total. The molecule has 0 aliphatic carbocycles. The Morgan fingerprint density at radius 3 is 2.35 bits per heavy atom. The fourth-order valence-corrected chi connectivity index (χ4v) is 3.81. The summed E-state index contributed by atoms with van der Waals surface area (Å²) >= 11 is 6.05. The van der Waals surface area contributed by atoms with Gasteiger partial charge in [0.2, 0.25) is 0 Å². The van der Waals surface area contributed by atoms with Crippen molar-refractivity contribution in [3.05, 3.63) is 106 Å². The van der Waals surface area contributed by atoms with Crippen LogP contribution in [0.3, 0.4) is 0 Å². The summed E-state index contributed by atoms with van der Waals surface area (Å²) < 4.78 is 0. The monoisotopic (exact) mass is 425 g/mol. The van der Waals surface area contributed by atoms with Gasteiger partial charge in [-0.1, -0.05) is 54.1 Å². The van der Waals surface area contributed by atoms with E-state index in [0.717, 1.165) is 22.0 Å². The van der Waals surface area contributed by atoms with E-state index in [2.05, 4.69) is 15.0 Å². The molecule has 0 fully saturated rings. The van der Waals surface area contributed by atoms with Crippen LogP contribution in [0.4, 0.5) is 0 Å². The van der Waals surface area contributed by atoms with Gasteiger partial charge in [0.1, 0.15) is 5.82 Å². The fraction of sp³-hybridized carbons (Fsp3) is 0. The number of aromatic amines is 2. The molecule has 0 amide bonds. The Morgan fingerprint density at radius 2 is 1.58 bits per heavy atom. The summed E-state index contributed by atoms with van der Waals surface area (Å²) in [4.78, 5) is 36.5. The minimum absolute atomic E-state index is 0.0772. The third kappa shape index (κ3) is 3.56. The van der Waals surface area contributed by atoms with E-state index in [1.165, 1.54) is 6.08 Å². The number of hydrogen-bond acceptors (Lipinski definition) is 3. The Hall–Kier alpha value is -3.96. The van der Waals surface area contributed by atoms with Gasteiger partial charge in [0.15, 0.2) is 5.78 Å². The molecule has 0 bridgehead atoms. The van der Waals surface area contributed by atoms with Crippen LogP contribution in [-0.4, -0.2) is 20.7 Å². The van der Waals surface area contributed by atoms with Gasteiger partial charge >= 0.3 is 0 Å². The van der Waals surface area contributed by atoms with Gasteiger partial charge in [0.05, 0.1) is 16.6 Å². The molecule has 6 heteroatoms. The zero-order chi connectivity index (χ0) is 21.4. The van der Waals surface area contributed by atoms with Crippen molar-refractivity contribution < 1.29 is 4.79 Å². The summed E-state index contributed by atoms with van der Waals surface area (Å²) in [5.41, 5.74) is 3.30. The molecule has 0 radical (unpaired) electrons. The van der Waals surface area contributed by atoms with Crippen LogP contribution in [0.1, 0.15) is 16.2 Å². The van der Waals surface area contributed by atoms with Gasteiger partial charge < -0.3 is 9.97 Å². The first-order valence-electron chi connectivity index (χ1n) is 9.68. The van der Waals surface area contributed by atoms with E-state index >= 15 is 0 Å². The van der Waals surface area contributed by atoms with Crippen molar-refractivity contribution in [3.8, 4) is 11.1 Å². The molecule has 31 heavy (non-hydrogen) atoms. The number of pyridine rings is 1. The van der Waals surface area contributed by atoms with Gasteiger partial charge in [0.25, 0.3) is 5.56 Å². The molecule has 0 atom stereocenters. The van der Waals surface area contributed by atoms with E-state index in [1.807, 2.05) is 60.7 Å². The van der Waals surface area contributed by atoms with Crippen molar-refractivity contribution in [2.45, 2.75) is 0 Å². The van der Waals surface area contributed by atoms with Crippen LogP contribution in [0.15, 0.2) is 83.7 Å². The van der Waals surface area contributed by atoms with E-state index in [-0.39, 0.29) is 5.56 Å². The number of carbonyl (C=O) groups is 1. The maximum atomic E-state index is 13.2. The molecule has 0 aliphatic rings. The number of benzene rings is 3. The number of rotatable bonds is 4. The highest BCUT2D eigenvalue weighted by Gasteiger charge is 2.19. The number of H-pyrrole nitrogens is 2. The molecule has 3 aromatic carbocycles. The van der Waals surface area contributed by atoms with Crippen LogP contribution in [0.5, 0.6) is 0 Å². The summed E-state index contributed by atoms with van der Waals surface area (Å²) in [5, 5.41) is 1.36. The molecular weight excluding hydrogens is 410 g/mol. The number of allylic oxidation sites excluding steroid dienone is 1. The summed E-state index contributed by atoms with van der Waals surface area (Å²) in [6.07, 6.45) is 2.96. The maximum Gasteiger partial charge on any atom is 0.260 e. The van der Waals surface area contributed by atoms with Crippen LogP contribution in [0, 0.1) is 0 Å². The largest absolute Gasteiger partial charge is 0.338 e. The number of aromatic nitrogens is 3. The summed E-state index contributed by atoms with van der Waals surface area (Å²) in [6, 6.07) is 22.1. The van der Waals surface area contributed by atoms with Crippen LogP contribution in [0.25, 0.3) is 39.1 Å². The van der Waals surface area contributed by atoms with E-state index in [0.29, 0.717) is 21.9 Å².